The van der Waals surface area contributed by atoms with Crippen LogP contribution in [0.1, 0.15) is 10.4 Å². The summed E-state index contributed by atoms with van der Waals surface area (Å²) in [5.41, 5.74) is 11.9. The van der Waals surface area contributed by atoms with E-state index in [-0.39, 0.29) is 11.3 Å². The van der Waals surface area contributed by atoms with Gasteiger partial charge in [0.25, 0.3) is 5.91 Å². The first-order chi connectivity index (χ1) is 8.97. The molecule has 5 N–H and O–H groups in total. The summed E-state index contributed by atoms with van der Waals surface area (Å²) in [4.78, 5) is 15.3. The standard InChI is InChI=1S/C12H10BrClN4O/c13-6-1-2-8(14)10(3-6)18-11-4-7(12(16)19)9(15)5-17-11/h1-5H,15H2,(H2,16,19)(H,17,18). The molecule has 1 amide bonds. The van der Waals surface area contributed by atoms with Crippen molar-refractivity contribution in [3.8, 4) is 0 Å². The van der Waals surface area contributed by atoms with E-state index in [1.165, 1.54) is 12.3 Å². The maximum Gasteiger partial charge on any atom is 0.250 e. The second kappa shape index (κ2) is 5.46. The number of primary amides is 1. The Hall–Kier alpha value is -1.79. The van der Waals surface area contributed by atoms with Crippen LogP contribution in [0.25, 0.3) is 0 Å². The first kappa shape index (κ1) is 13.6. The van der Waals surface area contributed by atoms with Gasteiger partial charge in [0.2, 0.25) is 0 Å². The molecule has 7 heteroatoms. The van der Waals surface area contributed by atoms with Crippen LogP contribution in [0.5, 0.6) is 0 Å². The molecule has 0 atom stereocenters. The van der Waals surface area contributed by atoms with E-state index in [0.717, 1.165) is 4.47 Å². The maximum absolute atomic E-state index is 11.2. The van der Waals surface area contributed by atoms with Gasteiger partial charge in [-0.2, -0.15) is 0 Å². The first-order valence-corrected chi connectivity index (χ1v) is 6.42. The molecule has 0 radical (unpaired) electrons. The lowest BCUT2D eigenvalue weighted by molar-refractivity contribution is 0.100. The Balaban J connectivity index is 2.36. The van der Waals surface area contributed by atoms with Crippen LogP contribution in [-0.4, -0.2) is 10.9 Å². The van der Waals surface area contributed by atoms with Gasteiger partial charge in [0.15, 0.2) is 0 Å². The smallest absolute Gasteiger partial charge is 0.250 e. The van der Waals surface area contributed by atoms with Gasteiger partial charge in [-0.25, -0.2) is 4.98 Å². The van der Waals surface area contributed by atoms with E-state index in [9.17, 15) is 4.79 Å². The molecule has 0 saturated heterocycles. The zero-order valence-corrected chi connectivity index (χ0v) is 12.0. The SMILES string of the molecule is NC(=O)c1cc(Nc2cc(Br)ccc2Cl)ncc1N. The quantitative estimate of drug-likeness (QED) is 0.800. The highest BCUT2D eigenvalue weighted by Crippen LogP contribution is 2.28. The first-order valence-electron chi connectivity index (χ1n) is 5.25. The zero-order chi connectivity index (χ0) is 14.0. The van der Waals surface area contributed by atoms with Crippen LogP contribution in [0, 0.1) is 0 Å². The minimum absolute atomic E-state index is 0.212. The fraction of sp³-hybridized carbons (Fsp3) is 0. The molecule has 0 fully saturated rings. The van der Waals surface area contributed by atoms with E-state index in [1.54, 1.807) is 12.1 Å². The number of anilines is 3. The number of carbonyl (C=O) groups excluding carboxylic acids is 1. The van der Waals surface area contributed by atoms with Crippen molar-refractivity contribution in [2.75, 3.05) is 11.1 Å². The topological polar surface area (TPSA) is 94.0 Å². The lowest BCUT2D eigenvalue weighted by atomic mass is 10.2. The lowest BCUT2D eigenvalue weighted by Crippen LogP contribution is -2.14. The minimum atomic E-state index is -0.608. The van der Waals surface area contributed by atoms with Gasteiger partial charge in [-0.3, -0.25) is 4.79 Å². The largest absolute Gasteiger partial charge is 0.397 e. The average molecular weight is 342 g/mol. The van der Waals surface area contributed by atoms with E-state index in [4.69, 9.17) is 23.1 Å². The summed E-state index contributed by atoms with van der Waals surface area (Å²) in [6, 6.07) is 6.83. The molecule has 0 aliphatic carbocycles. The predicted octanol–water partition coefficient (Wildman–Crippen LogP) is 2.92. The van der Waals surface area contributed by atoms with E-state index in [1.807, 2.05) is 6.07 Å². The average Bonchev–Trinajstić information content (AvgIpc) is 2.36. The van der Waals surface area contributed by atoms with Crippen molar-refractivity contribution in [2.24, 2.45) is 5.73 Å². The summed E-state index contributed by atoms with van der Waals surface area (Å²) < 4.78 is 0.866. The van der Waals surface area contributed by atoms with Crippen LogP contribution >= 0.6 is 27.5 Å². The molecule has 2 rings (SSSR count). The number of hydrogen-bond donors (Lipinski definition) is 3. The molecule has 0 bridgehead atoms. The van der Waals surface area contributed by atoms with Gasteiger partial charge in [0.1, 0.15) is 5.82 Å². The number of aromatic nitrogens is 1. The lowest BCUT2D eigenvalue weighted by Gasteiger charge is -2.10. The van der Waals surface area contributed by atoms with Crippen molar-refractivity contribution in [3.63, 3.8) is 0 Å². The number of carbonyl (C=O) groups is 1. The van der Waals surface area contributed by atoms with Gasteiger partial charge >= 0.3 is 0 Å². The second-order valence-electron chi connectivity index (χ2n) is 3.77. The molecule has 0 aliphatic rings. The highest BCUT2D eigenvalue weighted by Gasteiger charge is 2.09. The summed E-state index contributed by atoms with van der Waals surface area (Å²) in [6.07, 6.45) is 1.37. The molecule has 0 aliphatic heterocycles. The zero-order valence-electron chi connectivity index (χ0n) is 9.65. The number of nitrogens with two attached hydrogens (primary N) is 2. The molecule has 1 heterocycles. The fourth-order valence-electron chi connectivity index (χ4n) is 1.48. The van der Waals surface area contributed by atoms with Gasteiger partial charge in [-0.15, -0.1) is 0 Å². The van der Waals surface area contributed by atoms with E-state index < -0.39 is 5.91 Å². The molecule has 2 aromatic rings. The van der Waals surface area contributed by atoms with Crippen LogP contribution < -0.4 is 16.8 Å². The normalized spacial score (nSPS) is 10.2. The maximum atomic E-state index is 11.2. The van der Waals surface area contributed by atoms with Gasteiger partial charge in [0, 0.05) is 4.47 Å². The van der Waals surface area contributed by atoms with Gasteiger partial charge in [-0.1, -0.05) is 27.5 Å². The number of hydrogen-bond acceptors (Lipinski definition) is 4. The minimum Gasteiger partial charge on any atom is -0.397 e. The molecule has 19 heavy (non-hydrogen) atoms. The van der Waals surface area contributed by atoms with E-state index in [0.29, 0.717) is 16.5 Å². The molecular weight excluding hydrogens is 332 g/mol. The van der Waals surface area contributed by atoms with Crippen molar-refractivity contribution in [1.29, 1.82) is 0 Å². The Labute approximate surface area is 123 Å². The van der Waals surface area contributed by atoms with Gasteiger partial charge in [0.05, 0.1) is 28.2 Å². The van der Waals surface area contributed by atoms with Crippen molar-refractivity contribution in [3.05, 3.63) is 45.5 Å². The third-order valence-corrected chi connectivity index (χ3v) is 3.21. The molecule has 5 nitrogen and oxygen atoms in total. The number of amides is 1. The predicted molar refractivity (Wildman–Crippen MR) is 79.6 cm³/mol. The van der Waals surface area contributed by atoms with E-state index >= 15 is 0 Å². The molecule has 98 valence electrons. The Morgan fingerprint density at radius 3 is 2.79 bits per heavy atom. The number of nitrogen functional groups attached to an aromatic ring is 1. The summed E-state index contributed by atoms with van der Waals surface area (Å²) in [5, 5.41) is 3.53. The van der Waals surface area contributed by atoms with Crippen molar-refractivity contribution in [1.82, 2.24) is 4.98 Å². The second-order valence-corrected chi connectivity index (χ2v) is 5.09. The van der Waals surface area contributed by atoms with Crippen molar-refractivity contribution in [2.45, 2.75) is 0 Å². The highest BCUT2D eigenvalue weighted by atomic mass is 79.9. The highest BCUT2D eigenvalue weighted by molar-refractivity contribution is 9.10. The van der Waals surface area contributed by atoms with Gasteiger partial charge in [-0.05, 0) is 24.3 Å². The van der Waals surface area contributed by atoms with Crippen LogP contribution in [0.15, 0.2) is 34.9 Å². The van der Waals surface area contributed by atoms with Crippen LogP contribution in [0.2, 0.25) is 5.02 Å². The number of nitrogens with one attached hydrogen (secondary N) is 1. The summed E-state index contributed by atoms with van der Waals surface area (Å²) in [6.45, 7) is 0. The third kappa shape index (κ3) is 3.15. The van der Waals surface area contributed by atoms with Crippen molar-refractivity contribution >= 4 is 50.6 Å². The van der Waals surface area contributed by atoms with Crippen LogP contribution in [0.4, 0.5) is 17.2 Å². The van der Waals surface area contributed by atoms with Gasteiger partial charge < -0.3 is 16.8 Å². The Kier molecular flexibility index (Phi) is 3.92. The molecule has 0 saturated carbocycles. The molecule has 1 aromatic carbocycles. The summed E-state index contributed by atoms with van der Waals surface area (Å²) in [5.74, 6) is -0.175. The number of pyridine rings is 1. The number of halogens is 2. The number of benzene rings is 1. The van der Waals surface area contributed by atoms with Crippen LogP contribution in [-0.2, 0) is 0 Å². The summed E-state index contributed by atoms with van der Waals surface area (Å²) >= 11 is 9.40. The Bertz CT molecular complexity index is 648. The Morgan fingerprint density at radius 2 is 2.11 bits per heavy atom. The Morgan fingerprint density at radius 1 is 1.37 bits per heavy atom. The molecule has 0 unspecified atom stereocenters. The van der Waals surface area contributed by atoms with E-state index in [2.05, 4.69) is 26.2 Å². The molecule has 0 spiro atoms. The monoisotopic (exact) mass is 340 g/mol. The van der Waals surface area contributed by atoms with Crippen LogP contribution in [0.3, 0.4) is 0 Å². The molecular formula is C12H10BrClN4O. The third-order valence-electron chi connectivity index (χ3n) is 2.39. The molecule has 1 aromatic heterocycles. The number of nitrogens with zero attached hydrogens (tertiary/aromatic N) is 1. The fourth-order valence-corrected chi connectivity index (χ4v) is 2.00. The van der Waals surface area contributed by atoms with Crippen molar-refractivity contribution < 1.29 is 4.79 Å². The number of rotatable bonds is 3. The summed E-state index contributed by atoms with van der Waals surface area (Å²) in [7, 11) is 0.